The van der Waals surface area contributed by atoms with E-state index < -0.39 is 11.6 Å². The van der Waals surface area contributed by atoms with E-state index in [1.54, 1.807) is 7.11 Å². The Hall–Kier alpha value is -3.45. The molecule has 0 spiro atoms. The van der Waals surface area contributed by atoms with Crippen molar-refractivity contribution < 1.29 is 13.5 Å². The summed E-state index contributed by atoms with van der Waals surface area (Å²) in [5.41, 5.74) is 5.46. The van der Waals surface area contributed by atoms with E-state index in [2.05, 4.69) is 28.8 Å². The minimum absolute atomic E-state index is 0.286. The Labute approximate surface area is 195 Å². The maximum absolute atomic E-state index is 14.7. The highest BCUT2D eigenvalue weighted by molar-refractivity contribution is 7.16. The van der Waals surface area contributed by atoms with Gasteiger partial charge in [0.1, 0.15) is 17.4 Å². The molecule has 0 saturated carbocycles. The Morgan fingerprint density at radius 3 is 2.82 bits per heavy atom. The molecule has 168 valence electrons. The van der Waals surface area contributed by atoms with Gasteiger partial charge >= 0.3 is 0 Å². The average Bonchev–Trinajstić information content (AvgIpc) is 3.44. The van der Waals surface area contributed by atoms with Crippen molar-refractivity contribution in [2.24, 2.45) is 0 Å². The number of aromatic nitrogens is 1. The lowest BCUT2D eigenvalue weighted by atomic mass is 10.0. The van der Waals surface area contributed by atoms with E-state index in [4.69, 9.17) is 9.72 Å². The van der Waals surface area contributed by atoms with Crippen molar-refractivity contribution in [3.05, 3.63) is 93.9 Å². The van der Waals surface area contributed by atoms with Crippen LogP contribution in [-0.4, -0.2) is 18.6 Å². The molecule has 0 unspecified atom stereocenters. The first-order valence-corrected chi connectivity index (χ1v) is 11.6. The number of benzene rings is 3. The van der Waals surface area contributed by atoms with E-state index in [9.17, 15) is 8.78 Å². The number of rotatable bonds is 7. The quantitative estimate of drug-likeness (QED) is 0.339. The van der Waals surface area contributed by atoms with Crippen molar-refractivity contribution in [2.45, 2.75) is 19.4 Å². The maximum Gasteiger partial charge on any atom is 0.183 e. The summed E-state index contributed by atoms with van der Waals surface area (Å²) >= 11 is 1.48. The Kier molecular flexibility index (Phi) is 5.96. The lowest BCUT2D eigenvalue weighted by molar-refractivity contribution is 0.410. The molecule has 2 N–H and O–H groups in total. The minimum Gasteiger partial charge on any atom is -0.496 e. The highest BCUT2D eigenvalue weighted by Crippen LogP contribution is 2.36. The van der Waals surface area contributed by atoms with Crippen LogP contribution in [-0.2, 0) is 19.4 Å². The zero-order valence-corrected chi connectivity index (χ0v) is 18.9. The molecule has 0 bridgehead atoms. The van der Waals surface area contributed by atoms with E-state index in [1.807, 2.05) is 24.3 Å². The second kappa shape index (κ2) is 9.19. The number of nitrogens with zero attached hydrogens (tertiary/aromatic N) is 1. The number of methoxy groups -OCH3 is 1. The van der Waals surface area contributed by atoms with Crippen molar-refractivity contribution >= 4 is 22.2 Å². The van der Waals surface area contributed by atoms with Gasteiger partial charge < -0.3 is 15.4 Å². The van der Waals surface area contributed by atoms with Crippen LogP contribution in [0.1, 0.15) is 21.6 Å². The monoisotopic (exact) mass is 463 g/mol. The Morgan fingerprint density at radius 2 is 1.97 bits per heavy atom. The summed E-state index contributed by atoms with van der Waals surface area (Å²) in [6, 6.07) is 17.7. The van der Waals surface area contributed by atoms with E-state index >= 15 is 0 Å². The largest absolute Gasteiger partial charge is 0.496 e. The Morgan fingerprint density at radius 1 is 1.09 bits per heavy atom. The first kappa shape index (κ1) is 21.4. The molecule has 33 heavy (non-hydrogen) atoms. The van der Waals surface area contributed by atoms with Crippen LogP contribution in [0.4, 0.5) is 19.6 Å². The van der Waals surface area contributed by atoms with Gasteiger partial charge in [0.2, 0.25) is 0 Å². The number of halogens is 2. The summed E-state index contributed by atoms with van der Waals surface area (Å²) in [6.45, 7) is 1.58. The molecule has 0 amide bonds. The molecule has 4 aromatic rings. The number of hydrogen-bond acceptors (Lipinski definition) is 5. The van der Waals surface area contributed by atoms with Crippen LogP contribution in [0.25, 0.3) is 11.3 Å². The molecule has 1 aromatic heterocycles. The summed E-state index contributed by atoms with van der Waals surface area (Å²) in [7, 11) is 1.63. The molecule has 3 aromatic carbocycles. The topological polar surface area (TPSA) is 46.2 Å². The SMILES string of the molecule is COc1ccccc1Cc1sc(NCc2ccc3c(c2)CCN3)nc1-c1ccc(F)cc1F. The second-order valence-corrected chi connectivity index (χ2v) is 9.01. The molecule has 0 atom stereocenters. The average molecular weight is 464 g/mol. The fourth-order valence-corrected chi connectivity index (χ4v) is 5.10. The van der Waals surface area contributed by atoms with Gasteiger partial charge in [-0.05, 0) is 47.4 Å². The van der Waals surface area contributed by atoms with Crippen LogP contribution in [0.15, 0.2) is 60.7 Å². The van der Waals surface area contributed by atoms with Crippen molar-refractivity contribution in [2.75, 3.05) is 24.3 Å². The van der Waals surface area contributed by atoms with Gasteiger partial charge in [0.25, 0.3) is 0 Å². The molecule has 2 heterocycles. The molecule has 0 fully saturated rings. The van der Waals surface area contributed by atoms with Gasteiger partial charge in [0.05, 0.1) is 12.8 Å². The van der Waals surface area contributed by atoms with Gasteiger partial charge in [-0.25, -0.2) is 13.8 Å². The van der Waals surface area contributed by atoms with E-state index in [1.165, 1.54) is 34.7 Å². The fourth-order valence-electron chi connectivity index (χ4n) is 4.11. The van der Waals surface area contributed by atoms with Gasteiger partial charge in [-0.15, -0.1) is 11.3 Å². The summed E-state index contributed by atoms with van der Waals surface area (Å²) < 4.78 is 33.7. The zero-order valence-electron chi connectivity index (χ0n) is 18.1. The molecule has 5 rings (SSSR count). The second-order valence-electron chi connectivity index (χ2n) is 7.93. The third-order valence-electron chi connectivity index (χ3n) is 5.75. The molecular weight excluding hydrogens is 440 g/mol. The molecule has 0 radical (unpaired) electrons. The molecule has 7 heteroatoms. The number of hydrogen-bond donors (Lipinski definition) is 2. The third-order valence-corrected chi connectivity index (χ3v) is 6.76. The van der Waals surface area contributed by atoms with Crippen LogP contribution in [0, 0.1) is 11.6 Å². The van der Waals surface area contributed by atoms with Crippen molar-refractivity contribution in [1.82, 2.24) is 4.98 Å². The first-order valence-electron chi connectivity index (χ1n) is 10.8. The number of nitrogens with one attached hydrogen (secondary N) is 2. The van der Waals surface area contributed by atoms with Gasteiger partial charge in [0.15, 0.2) is 5.13 Å². The fraction of sp³-hybridized carbons (Fsp3) is 0.192. The predicted molar refractivity (Wildman–Crippen MR) is 129 cm³/mol. The number of thiazole rings is 1. The molecule has 1 aliphatic rings. The third kappa shape index (κ3) is 4.54. The smallest absolute Gasteiger partial charge is 0.183 e. The standard InChI is InChI=1S/C26H23F2N3OS/c1-32-23-5-3-2-4-18(23)13-24-25(20-8-7-19(27)14-21(20)28)31-26(33-24)30-15-16-6-9-22-17(12-16)10-11-29-22/h2-9,12,14,29H,10-11,13,15H2,1H3,(H,30,31). The minimum atomic E-state index is -0.626. The zero-order chi connectivity index (χ0) is 22.8. The Balaban J connectivity index is 1.46. The van der Waals surface area contributed by atoms with Crippen molar-refractivity contribution in [1.29, 1.82) is 0 Å². The maximum atomic E-state index is 14.7. The summed E-state index contributed by atoms with van der Waals surface area (Å²) in [5.74, 6) is -0.473. The van der Waals surface area contributed by atoms with Gasteiger partial charge in [-0.1, -0.05) is 30.3 Å². The Bertz CT molecular complexity index is 1300. The lowest BCUT2D eigenvalue weighted by Gasteiger charge is -2.08. The molecule has 0 saturated heterocycles. The van der Waals surface area contributed by atoms with Crippen LogP contribution in [0.3, 0.4) is 0 Å². The first-order chi connectivity index (χ1) is 16.1. The molecule has 1 aliphatic heterocycles. The highest BCUT2D eigenvalue weighted by Gasteiger charge is 2.19. The lowest BCUT2D eigenvalue weighted by Crippen LogP contribution is -1.99. The number of ether oxygens (including phenoxy) is 1. The van der Waals surface area contributed by atoms with Crippen LogP contribution >= 0.6 is 11.3 Å². The molecule has 0 aliphatic carbocycles. The van der Waals surface area contributed by atoms with Crippen LogP contribution < -0.4 is 15.4 Å². The molecular formula is C26H23F2N3OS. The van der Waals surface area contributed by atoms with Crippen LogP contribution in [0.2, 0.25) is 0 Å². The molecule has 4 nitrogen and oxygen atoms in total. The number of anilines is 2. The summed E-state index contributed by atoms with van der Waals surface area (Å²) in [5, 5.41) is 7.45. The summed E-state index contributed by atoms with van der Waals surface area (Å²) in [4.78, 5) is 5.58. The van der Waals surface area contributed by atoms with E-state index in [0.29, 0.717) is 23.8 Å². The summed E-state index contributed by atoms with van der Waals surface area (Å²) in [6.07, 6.45) is 1.55. The normalized spacial score (nSPS) is 12.3. The number of fused-ring (bicyclic) bond motifs is 1. The highest BCUT2D eigenvalue weighted by atomic mass is 32.1. The van der Waals surface area contributed by atoms with Gasteiger partial charge in [-0.3, -0.25) is 0 Å². The van der Waals surface area contributed by atoms with Crippen molar-refractivity contribution in [3.8, 4) is 17.0 Å². The van der Waals surface area contributed by atoms with Crippen LogP contribution in [0.5, 0.6) is 5.75 Å². The van der Waals surface area contributed by atoms with E-state index in [-0.39, 0.29) is 5.56 Å². The van der Waals surface area contributed by atoms with Crippen molar-refractivity contribution in [3.63, 3.8) is 0 Å². The predicted octanol–water partition coefficient (Wildman–Crippen LogP) is 6.27. The number of para-hydroxylation sites is 1. The van der Waals surface area contributed by atoms with E-state index in [0.717, 1.165) is 40.8 Å². The van der Waals surface area contributed by atoms with Gasteiger partial charge in [0, 0.05) is 41.7 Å². The van der Waals surface area contributed by atoms with Gasteiger partial charge in [-0.2, -0.15) is 0 Å².